The van der Waals surface area contributed by atoms with Gasteiger partial charge in [0.05, 0.1) is 6.10 Å². The first-order valence-corrected chi connectivity index (χ1v) is 7.44. The standard InChI is InChI=1S/C13H14N4O2S/c18-12(16-6-9-2-1-5-19-9)11-8-20-13(17-11)10-7-14-3-4-15-10/h3-4,7-9H,1-2,5-6H2,(H,16,18)/p+2/t9-/m0/s1. The van der Waals surface area contributed by atoms with Crippen LogP contribution in [0.2, 0.25) is 0 Å². The van der Waals surface area contributed by atoms with Crippen molar-refractivity contribution < 1.29 is 19.5 Å². The molecule has 1 aliphatic heterocycles. The number of hydrogen-bond acceptors (Lipinski definition) is 4. The molecule has 0 spiro atoms. The highest BCUT2D eigenvalue weighted by Gasteiger charge is 2.19. The molecule has 2 aromatic heterocycles. The molecule has 6 nitrogen and oxygen atoms in total. The Labute approximate surface area is 120 Å². The summed E-state index contributed by atoms with van der Waals surface area (Å²) in [6.07, 6.45) is 7.61. The van der Waals surface area contributed by atoms with Crippen LogP contribution in [-0.4, -0.2) is 30.1 Å². The first kappa shape index (κ1) is 13.1. The van der Waals surface area contributed by atoms with Gasteiger partial charge in [0, 0.05) is 18.5 Å². The Morgan fingerprint density at radius 2 is 2.50 bits per heavy atom. The SMILES string of the molecule is O=C(NC[C@@H]1CCCO1)c1csc(-c2c[nH+]cc[nH+]2)n1. The molecule has 0 radical (unpaired) electrons. The lowest BCUT2D eigenvalue weighted by molar-refractivity contribution is -0.438. The van der Waals surface area contributed by atoms with Crippen LogP contribution < -0.4 is 15.3 Å². The van der Waals surface area contributed by atoms with Crippen LogP contribution in [0.15, 0.2) is 24.0 Å². The molecule has 3 N–H and O–H groups in total. The predicted octanol–water partition coefficient (Wildman–Crippen LogP) is 0.347. The third kappa shape index (κ3) is 3.00. The number of thiazole rings is 1. The van der Waals surface area contributed by atoms with Crippen LogP contribution in [0.5, 0.6) is 0 Å². The molecule has 3 rings (SSSR count). The number of amides is 1. The normalized spacial score (nSPS) is 18.1. The lowest BCUT2D eigenvalue weighted by atomic mass is 10.2. The minimum Gasteiger partial charge on any atom is -0.376 e. The minimum atomic E-state index is -0.150. The second-order valence-corrected chi connectivity index (χ2v) is 5.44. The topological polar surface area (TPSA) is 79.5 Å². The van der Waals surface area contributed by atoms with E-state index in [2.05, 4.69) is 20.3 Å². The Morgan fingerprint density at radius 1 is 1.55 bits per heavy atom. The molecule has 0 aromatic carbocycles. The van der Waals surface area contributed by atoms with Crippen LogP contribution in [0.3, 0.4) is 0 Å². The molecule has 104 valence electrons. The minimum absolute atomic E-state index is 0.147. The van der Waals surface area contributed by atoms with E-state index in [4.69, 9.17) is 4.74 Å². The molecule has 3 heterocycles. The number of carbonyl (C=O) groups excluding carboxylic acids is 1. The summed E-state index contributed by atoms with van der Waals surface area (Å²) in [7, 11) is 0. The zero-order chi connectivity index (χ0) is 13.8. The van der Waals surface area contributed by atoms with Gasteiger partial charge in [-0.15, -0.1) is 11.3 Å². The van der Waals surface area contributed by atoms with E-state index >= 15 is 0 Å². The van der Waals surface area contributed by atoms with E-state index in [1.54, 1.807) is 17.8 Å². The van der Waals surface area contributed by atoms with E-state index in [0.29, 0.717) is 12.2 Å². The molecular formula is C13H16N4O2S+2. The number of nitrogens with zero attached hydrogens (tertiary/aromatic N) is 1. The van der Waals surface area contributed by atoms with Crippen molar-refractivity contribution in [2.24, 2.45) is 0 Å². The fourth-order valence-corrected chi connectivity index (χ4v) is 2.86. The molecular weight excluding hydrogens is 276 g/mol. The summed E-state index contributed by atoms with van der Waals surface area (Å²) in [5.74, 6) is -0.150. The highest BCUT2D eigenvalue weighted by molar-refractivity contribution is 7.13. The number of H-pyrrole nitrogens is 2. The number of hydrogen-bond donors (Lipinski definition) is 1. The second kappa shape index (κ2) is 6.06. The molecule has 20 heavy (non-hydrogen) atoms. The van der Waals surface area contributed by atoms with Crippen LogP contribution in [-0.2, 0) is 4.74 Å². The summed E-state index contributed by atoms with van der Waals surface area (Å²) in [6, 6.07) is 0. The molecule has 7 heteroatoms. The fraction of sp³-hybridized carbons (Fsp3) is 0.385. The van der Waals surface area contributed by atoms with Gasteiger partial charge < -0.3 is 10.1 Å². The van der Waals surface area contributed by atoms with E-state index in [1.165, 1.54) is 11.3 Å². The quantitative estimate of drug-likeness (QED) is 0.883. The smallest absolute Gasteiger partial charge is 0.304 e. The zero-order valence-electron chi connectivity index (χ0n) is 10.9. The maximum atomic E-state index is 12.0. The molecule has 1 saturated heterocycles. The Kier molecular flexibility index (Phi) is 3.98. The van der Waals surface area contributed by atoms with E-state index in [0.717, 1.165) is 30.2 Å². The van der Waals surface area contributed by atoms with E-state index in [9.17, 15) is 4.79 Å². The van der Waals surface area contributed by atoms with Crippen LogP contribution in [0.1, 0.15) is 23.3 Å². The molecule has 2 aromatic rings. The Bertz CT molecular complexity index is 581. The largest absolute Gasteiger partial charge is 0.376 e. The van der Waals surface area contributed by atoms with Gasteiger partial charge in [0.1, 0.15) is 5.69 Å². The predicted molar refractivity (Wildman–Crippen MR) is 72.0 cm³/mol. The summed E-state index contributed by atoms with van der Waals surface area (Å²) in [6.45, 7) is 1.35. The number of aromatic amines is 2. The van der Waals surface area contributed by atoms with Crippen molar-refractivity contribution in [1.82, 2.24) is 10.3 Å². The van der Waals surface area contributed by atoms with Gasteiger partial charge in [-0.1, -0.05) is 0 Å². The summed E-state index contributed by atoms with van der Waals surface area (Å²) >= 11 is 1.43. The fourth-order valence-electron chi connectivity index (χ4n) is 2.08. The van der Waals surface area contributed by atoms with E-state index in [1.807, 2.05) is 6.20 Å². The highest BCUT2D eigenvalue weighted by Crippen LogP contribution is 2.18. The number of nitrogens with one attached hydrogen (secondary N) is 3. The van der Waals surface area contributed by atoms with Gasteiger partial charge >= 0.3 is 5.69 Å². The van der Waals surface area contributed by atoms with Gasteiger partial charge in [-0.2, -0.15) is 4.98 Å². The van der Waals surface area contributed by atoms with Crippen molar-refractivity contribution in [3.63, 3.8) is 0 Å². The molecule has 1 atom stereocenters. The Morgan fingerprint density at radius 3 is 3.25 bits per heavy atom. The summed E-state index contributed by atoms with van der Waals surface area (Å²) in [4.78, 5) is 22.4. The van der Waals surface area contributed by atoms with Gasteiger partial charge in [0.2, 0.25) is 18.6 Å². The van der Waals surface area contributed by atoms with Gasteiger partial charge in [-0.05, 0) is 12.8 Å². The molecule has 0 bridgehead atoms. The van der Waals surface area contributed by atoms with Crippen molar-refractivity contribution in [3.8, 4) is 10.7 Å². The van der Waals surface area contributed by atoms with Gasteiger partial charge in [-0.3, -0.25) is 4.79 Å². The molecule has 1 aliphatic rings. The van der Waals surface area contributed by atoms with Crippen LogP contribution in [0, 0.1) is 0 Å². The molecule has 1 fully saturated rings. The van der Waals surface area contributed by atoms with Crippen LogP contribution in [0.25, 0.3) is 10.7 Å². The zero-order valence-corrected chi connectivity index (χ0v) is 11.7. The first-order chi connectivity index (χ1) is 9.83. The summed E-state index contributed by atoms with van der Waals surface area (Å²) in [5.41, 5.74) is 1.30. The van der Waals surface area contributed by atoms with Crippen molar-refractivity contribution in [2.75, 3.05) is 13.2 Å². The third-order valence-electron chi connectivity index (χ3n) is 3.13. The molecule has 0 aliphatic carbocycles. The highest BCUT2D eigenvalue weighted by atomic mass is 32.1. The lowest BCUT2D eigenvalue weighted by Crippen LogP contribution is -2.31. The average Bonchev–Trinajstić information content (AvgIpc) is 3.17. The number of rotatable bonds is 4. The van der Waals surface area contributed by atoms with Crippen LogP contribution in [0.4, 0.5) is 0 Å². The van der Waals surface area contributed by atoms with Crippen LogP contribution >= 0.6 is 11.3 Å². The van der Waals surface area contributed by atoms with Crippen molar-refractivity contribution in [3.05, 3.63) is 29.7 Å². The summed E-state index contributed by atoms with van der Waals surface area (Å²) in [5, 5.41) is 5.41. The summed E-state index contributed by atoms with van der Waals surface area (Å²) < 4.78 is 5.47. The van der Waals surface area contributed by atoms with E-state index < -0.39 is 0 Å². The maximum absolute atomic E-state index is 12.0. The molecule has 0 unspecified atom stereocenters. The number of aromatic nitrogens is 3. The van der Waals surface area contributed by atoms with Gasteiger partial charge in [0.25, 0.3) is 5.91 Å². The van der Waals surface area contributed by atoms with Gasteiger partial charge in [0.15, 0.2) is 5.01 Å². The molecule has 0 saturated carbocycles. The maximum Gasteiger partial charge on any atom is 0.304 e. The average molecular weight is 292 g/mol. The Hall–Kier alpha value is -1.86. The monoisotopic (exact) mass is 292 g/mol. The Balaban J connectivity index is 1.62. The van der Waals surface area contributed by atoms with E-state index in [-0.39, 0.29) is 12.0 Å². The van der Waals surface area contributed by atoms with Crippen molar-refractivity contribution in [1.29, 1.82) is 0 Å². The third-order valence-corrected chi connectivity index (χ3v) is 4.00. The first-order valence-electron chi connectivity index (χ1n) is 6.56. The van der Waals surface area contributed by atoms with Gasteiger partial charge in [-0.25, -0.2) is 9.97 Å². The second-order valence-electron chi connectivity index (χ2n) is 4.59. The number of ether oxygens (including phenoxy) is 1. The number of carbonyl (C=O) groups is 1. The lowest BCUT2D eigenvalue weighted by Gasteiger charge is -2.09. The molecule has 1 amide bonds. The van der Waals surface area contributed by atoms with Crippen molar-refractivity contribution in [2.45, 2.75) is 18.9 Å². The van der Waals surface area contributed by atoms with Crippen molar-refractivity contribution >= 4 is 17.2 Å².